The van der Waals surface area contributed by atoms with Gasteiger partial charge in [-0.3, -0.25) is 0 Å². The molecule has 1 unspecified atom stereocenters. The van der Waals surface area contributed by atoms with Crippen LogP contribution in [-0.2, 0) is 0 Å². The monoisotopic (exact) mass is 283 g/mol. The van der Waals surface area contributed by atoms with Crippen LogP contribution in [-0.4, -0.2) is 0 Å². The van der Waals surface area contributed by atoms with Crippen molar-refractivity contribution in [3.63, 3.8) is 0 Å². The standard InChI is InChI=1S/C14H12Cl2FN/c1-8-2-5-13(17)10(6-8)14(18)9-3-4-11(15)12(16)7-9/h2-7,14H,18H2,1H3. The van der Waals surface area contributed by atoms with Crippen molar-refractivity contribution in [3.05, 3.63) is 69.0 Å². The summed E-state index contributed by atoms with van der Waals surface area (Å²) in [6.07, 6.45) is 0. The maximum absolute atomic E-state index is 13.7. The molecule has 0 aliphatic heterocycles. The van der Waals surface area contributed by atoms with E-state index in [1.165, 1.54) is 6.07 Å². The number of hydrogen-bond acceptors (Lipinski definition) is 1. The minimum Gasteiger partial charge on any atom is -0.320 e. The van der Waals surface area contributed by atoms with E-state index >= 15 is 0 Å². The molecule has 2 aromatic rings. The van der Waals surface area contributed by atoms with Crippen LogP contribution in [0, 0.1) is 12.7 Å². The lowest BCUT2D eigenvalue weighted by Crippen LogP contribution is -2.13. The Balaban J connectivity index is 2.44. The van der Waals surface area contributed by atoms with E-state index in [0.29, 0.717) is 15.6 Å². The Kier molecular flexibility index (Phi) is 3.91. The summed E-state index contributed by atoms with van der Waals surface area (Å²) in [4.78, 5) is 0. The van der Waals surface area contributed by atoms with Gasteiger partial charge in [0.2, 0.25) is 0 Å². The molecule has 0 heterocycles. The topological polar surface area (TPSA) is 26.0 Å². The molecule has 4 heteroatoms. The van der Waals surface area contributed by atoms with Gasteiger partial charge in [0.25, 0.3) is 0 Å². The fourth-order valence-electron chi connectivity index (χ4n) is 1.79. The molecule has 0 radical (unpaired) electrons. The van der Waals surface area contributed by atoms with Crippen molar-refractivity contribution in [2.75, 3.05) is 0 Å². The van der Waals surface area contributed by atoms with Gasteiger partial charge in [0.05, 0.1) is 16.1 Å². The van der Waals surface area contributed by atoms with Crippen LogP contribution in [0.4, 0.5) is 4.39 Å². The van der Waals surface area contributed by atoms with Crippen LogP contribution in [0.1, 0.15) is 22.7 Å². The molecule has 0 amide bonds. The molecule has 2 N–H and O–H groups in total. The van der Waals surface area contributed by atoms with E-state index in [1.54, 1.807) is 30.3 Å². The van der Waals surface area contributed by atoms with Gasteiger partial charge in [-0.25, -0.2) is 4.39 Å². The lowest BCUT2D eigenvalue weighted by Gasteiger charge is -2.15. The fourth-order valence-corrected chi connectivity index (χ4v) is 2.09. The van der Waals surface area contributed by atoms with Crippen LogP contribution in [0.15, 0.2) is 36.4 Å². The zero-order valence-electron chi connectivity index (χ0n) is 9.75. The first-order valence-corrected chi connectivity index (χ1v) is 6.21. The van der Waals surface area contributed by atoms with Crippen LogP contribution in [0.3, 0.4) is 0 Å². The molecule has 2 aromatic carbocycles. The molecule has 0 spiro atoms. The molecule has 18 heavy (non-hydrogen) atoms. The largest absolute Gasteiger partial charge is 0.320 e. The van der Waals surface area contributed by atoms with Crippen molar-refractivity contribution < 1.29 is 4.39 Å². The summed E-state index contributed by atoms with van der Waals surface area (Å²) in [6.45, 7) is 1.89. The number of rotatable bonds is 2. The number of hydrogen-bond donors (Lipinski definition) is 1. The highest BCUT2D eigenvalue weighted by molar-refractivity contribution is 6.42. The van der Waals surface area contributed by atoms with Gasteiger partial charge in [-0.05, 0) is 30.7 Å². The third kappa shape index (κ3) is 2.66. The average Bonchev–Trinajstić information content (AvgIpc) is 2.35. The van der Waals surface area contributed by atoms with Crippen molar-refractivity contribution in [1.82, 2.24) is 0 Å². The summed E-state index contributed by atoms with van der Waals surface area (Å²) in [6, 6.07) is 9.38. The predicted molar refractivity (Wildman–Crippen MR) is 73.6 cm³/mol. The van der Waals surface area contributed by atoms with Crippen molar-refractivity contribution in [3.8, 4) is 0 Å². The molecular formula is C14H12Cl2FN. The third-order valence-electron chi connectivity index (χ3n) is 2.79. The summed E-state index contributed by atoms with van der Waals surface area (Å²) < 4.78 is 13.7. The van der Waals surface area contributed by atoms with Gasteiger partial charge in [0.15, 0.2) is 0 Å². The summed E-state index contributed by atoms with van der Waals surface area (Å²) in [5.74, 6) is -0.320. The lowest BCUT2D eigenvalue weighted by atomic mass is 9.98. The SMILES string of the molecule is Cc1ccc(F)c(C(N)c2ccc(Cl)c(Cl)c2)c1. The van der Waals surface area contributed by atoms with E-state index in [2.05, 4.69) is 0 Å². The number of aryl methyl sites for hydroxylation is 1. The Morgan fingerprint density at radius 3 is 2.44 bits per heavy atom. The highest BCUT2D eigenvalue weighted by Gasteiger charge is 2.14. The molecule has 94 valence electrons. The van der Waals surface area contributed by atoms with E-state index in [1.807, 2.05) is 6.92 Å². The Hall–Kier alpha value is -1.09. The first-order chi connectivity index (χ1) is 8.49. The minimum absolute atomic E-state index is 0.320. The summed E-state index contributed by atoms with van der Waals surface area (Å²) in [5, 5.41) is 0.870. The quantitative estimate of drug-likeness (QED) is 0.864. The Morgan fingerprint density at radius 1 is 1.06 bits per heavy atom. The molecule has 0 aliphatic carbocycles. The third-order valence-corrected chi connectivity index (χ3v) is 3.53. The summed E-state index contributed by atoms with van der Waals surface area (Å²) in [5.41, 5.74) is 8.21. The Labute approximate surface area is 115 Å². The molecule has 0 aromatic heterocycles. The Bertz CT molecular complexity index is 584. The maximum Gasteiger partial charge on any atom is 0.128 e. The molecule has 1 atom stereocenters. The van der Waals surface area contributed by atoms with Crippen molar-refractivity contribution in [2.24, 2.45) is 5.73 Å². The highest BCUT2D eigenvalue weighted by atomic mass is 35.5. The molecule has 0 aliphatic rings. The zero-order valence-corrected chi connectivity index (χ0v) is 11.3. The van der Waals surface area contributed by atoms with Crippen molar-refractivity contribution >= 4 is 23.2 Å². The van der Waals surface area contributed by atoms with Gasteiger partial charge in [-0.1, -0.05) is 47.0 Å². The van der Waals surface area contributed by atoms with Crippen LogP contribution in [0.5, 0.6) is 0 Å². The van der Waals surface area contributed by atoms with E-state index in [0.717, 1.165) is 11.1 Å². The normalized spacial score (nSPS) is 12.5. The fraction of sp³-hybridized carbons (Fsp3) is 0.143. The summed E-state index contributed by atoms with van der Waals surface area (Å²) >= 11 is 11.8. The molecule has 0 saturated carbocycles. The smallest absolute Gasteiger partial charge is 0.128 e. The molecule has 1 nitrogen and oxygen atoms in total. The molecule has 0 fully saturated rings. The Morgan fingerprint density at radius 2 is 1.78 bits per heavy atom. The van der Waals surface area contributed by atoms with Gasteiger partial charge in [0.1, 0.15) is 5.82 Å². The van der Waals surface area contributed by atoms with Gasteiger partial charge in [-0.15, -0.1) is 0 Å². The predicted octanol–water partition coefficient (Wildman–Crippen LogP) is 4.49. The van der Waals surface area contributed by atoms with Crippen LogP contribution in [0.25, 0.3) is 0 Å². The average molecular weight is 284 g/mol. The second-order valence-corrected chi connectivity index (χ2v) is 4.99. The minimum atomic E-state index is -0.556. The second kappa shape index (κ2) is 5.27. The maximum atomic E-state index is 13.7. The summed E-state index contributed by atoms with van der Waals surface area (Å²) in [7, 11) is 0. The first kappa shape index (κ1) is 13.3. The number of halogens is 3. The molecule has 2 rings (SSSR count). The highest BCUT2D eigenvalue weighted by Crippen LogP contribution is 2.28. The number of benzene rings is 2. The van der Waals surface area contributed by atoms with Gasteiger partial charge < -0.3 is 5.73 Å². The molecule has 0 bridgehead atoms. The first-order valence-electron chi connectivity index (χ1n) is 5.45. The van der Waals surface area contributed by atoms with Crippen LogP contribution >= 0.6 is 23.2 Å². The number of nitrogens with two attached hydrogens (primary N) is 1. The van der Waals surface area contributed by atoms with Crippen molar-refractivity contribution in [2.45, 2.75) is 13.0 Å². The van der Waals surface area contributed by atoms with E-state index < -0.39 is 6.04 Å². The van der Waals surface area contributed by atoms with Gasteiger partial charge in [-0.2, -0.15) is 0 Å². The lowest BCUT2D eigenvalue weighted by molar-refractivity contribution is 0.599. The van der Waals surface area contributed by atoms with Crippen LogP contribution < -0.4 is 5.73 Å². The molecule has 0 saturated heterocycles. The second-order valence-electron chi connectivity index (χ2n) is 4.18. The van der Waals surface area contributed by atoms with E-state index in [9.17, 15) is 4.39 Å². The van der Waals surface area contributed by atoms with Crippen molar-refractivity contribution in [1.29, 1.82) is 0 Å². The van der Waals surface area contributed by atoms with Gasteiger partial charge >= 0.3 is 0 Å². The van der Waals surface area contributed by atoms with E-state index in [4.69, 9.17) is 28.9 Å². The van der Waals surface area contributed by atoms with E-state index in [-0.39, 0.29) is 5.82 Å². The van der Waals surface area contributed by atoms with Crippen LogP contribution in [0.2, 0.25) is 10.0 Å². The zero-order chi connectivity index (χ0) is 13.3. The van der Waals surface area contributed by atoms with Gasteiger partial charge in [0, 0.05) is 5.56 Å². The molecular weight excluding hydrogens is 272 g/mol.